The minimum Gasteiger partial charge on any atom is -0.316 e. The van der Waals surface area contributed by atoms with E-state index < -0.39 is 12.6 Å². The maximum atomic E-state index is 12.1. The highest BCUT2D eigenvalue weighted by Gasteiger charge is 2.26. The SMILES string of the molecule is Cl.Cn1c(SCCCC(F)(F)F)nnc1C1CCCNC1. The van der Waals surface area contributed by atoms with Crippen molar-refractivity contribution in [3.05, 3.63) is 5.82 Å². The minimum absolute atomic E-state index is 0. The monoisotopic (exact) mass is 344 g/mol. The van der Waals surface area contributed by atoms with Crippen LogP contribution in [0.2, 0.25) is 0 Å². The minimum atomic E-state index is -4.07. The number of halogens is 4. The van der Waals surface area contributed by atoms with Crippen LogP contribution in [0, 0.1) is 0 Å². The molecule has 0 radical (unpaired) electrons. The van der Waals surface area contributed by atoms with Crippen molar-refractivity contribution in [3.8, 4) is 0 Å². The number of aromatic nitrogens is 3. The summed E-state index contributed by atoms with van der Waals surface area (Å²) in [6.45, 7) is 1.93. The summed E-state index contributed by atoms with van der Waals surface area (Å²) in [4.78, 5) is 0. The maximum absolute atomic E-state index is 12.1. The fraction of sp³-hybridized carbons (Fsp3) is 0.833. The second-order valence-corrected chi connectivity index (χ2v) is 6.07. The predicted molar refractivity (Wildman–Crippen MR) is 79.1 cm³/mol. The third-order valence-corrected chi connectivity index (χ3v) is 4.47. The highest BCUT2D eigenvalue weighted by atomic mass is 35.5. The molecule has 1 aromatic heterocycles. The molecule has 1 N–H and O–H groups in total. The van der Waals surface area contributed by atoms with Crippen LogP contribution in [0.4, 0.5) is 13.2 Å². The van der Waals surface area contributed by atoms with Gasteiger partial charge in [0.1, 0.15) is 5.82 Å². The van der Waals surface area contributed by atoms with Gasteiger partial charge >= 0.3 is 6.18 Å². The smallest absolute Gasteiger partial charge is 0.316 e. The van der Waals surface area contributed by atoms with Crippen LogP contribution in [0.1, 0.15) is 37.4 Å². The molecule has 1 aliphatic rings. The van der Waals surface area contributed by atoms with E-state index in [2.05, 4.69) is 15.5 Å². The molecule has 9 heteroatoms. The van der Waals surface area contributed by atoms with Gasteiger partial charge in [0.25, 0.3) is 0 Å². The van der Waals surface area contributed by atoms with Crippen LogP contribution in [-0.2, 0) is 7.05 Å². The number of nitrogens with zero attached hydrogens (tertiary/aromatic N) is 3. The van der Waals surface area contributed by atoms with Crippen LogP contribution >= 0.6 is 24.2 Å². The quantitative estimate of drug-likeness (QED) is 0.658. The molecule has 1 aliphatic heterocycles. The number of hydrogen-bond acceptors (Lipinski definition) is 4. The molecule has 1 fully saturated rings. The number of alkyl halides is 3. The first kappa shape index (κ1) is 18.6. The fourth-order valence-electron chi connectivity index (χ4n) is 2.32. The largest absolute Gasteiger partial charge is 0.389 e. The summed E-state index contributed by atoms with van der Waals surface area (Å²) in [6.07, 6.45) is -2.50. The summed E-state index contributed by atoms with van der Waals surface area (Å²) < 4.78 is 38.1. The van der Waals surface area contributed by atoms with Gasteiger partial charge in [-0.25, -0.2) is 0 Å². The fourth-order valence-corrected chi connectivity index (χ4v) is 3.17. The summed E-state index contributed by atoms with van der Waals surface area (Å²) in [7, 11) is 1.88. The molecule has 0 amide bonds. The Bertz CT molecular complexity index is 433. The second-order valence-electron chi connectivity index (χ2n) is 5.01. The van der Waals surface area contributed by atoms with Crippen molar-refractivity contribution in [1.29, 1.82) is 0 Å². The van der Waals surface area contributed by atoms with E-state index in [-0.39, 0.29) is 18.8 Å². The Labute approximate surface area is 132 Å². The van der Waals surface area contributed by atoms with Gasteiger partial charge in [-0.15, -0.1) is 22.6 Å². The summed E-state index contributed by atoms with van der Waals surface area (Å²) >= 11 is 1.34. The number of rotatable bonds is 5. The molecular weight excluding hydrogens is 325 g/mol. The van der Waals surface area contributed by atoms with Crippen LogP contribution in [0.3, 0.4) is 0 Å². The molecule has 2 heterocycles. The van der Waals surface area contributed by atoms with Crippen molar-refractivity contribution < 1.29 is 13.2 Å². The topological polar surface area (TPSA) is 42.7 Å². The molecule has 2 rings (SSSR count). The molecule has 1 unspecified atom stereocenters. The van der Waals surface area contributed by atoms with Gasteiger partial charge in [0.15, 0.2) is 5.16 Å². The third kappa shape index (κ3) is 5.67. The maximum Gasteiger partial charge on any atom is 0.389 e. The van der Waals surface area contributed by atoms with Gasteiger partial charge in [-0.3, -0.25) is 0 Å². The van der Waals surface area contributed by atoms with Crippen molar-refractivity contribution in [3.63, 3.8) is 0 Å². The van der Waals surface area contributed by atoms with Gasteiger partial charge < -0.3 is 9.88 Å². The van der Waals surface area contributed by atoms with E-state index in [1.54, 1.807) is 0 Å². The van der Waals surface area contributed by atoms with Crippen molar-refractivity contribution in [2.75, 3.05) is 18.8 Å². The van der Waals surface area contributed by atoms with Crippen molar-refractivity contribution >= 4 is 24.2 Å². The molecule has 4 nitrogen and oxygen atoms in total. The Balaban J connectivity index is 0.00000220. The molecule has 0 aliphatic carbocycles. The van der Waals surface area contributed by atoms with Gasteiger partial charge in [0.05, 0.1) is 0 Å². The molecule has 1 atom stereocenters. The standard InChI is InChI=1S/C12H19F3N4S.ClH/c1-19-10(9-4-2-6-16-8-9)17-18-11(19)20-7-3-5-12(13,14)15;/h9,16H,2-8H2,1H3;1H. The Hall–Kier alpha value is -0.470. The summed E-state index contributed by atoms with van der Waals surface area (Å²) in [5.41, 5.74) is 0. The van der Waals surface area contributed by atoms with Crippen LogP contribution < -0.4 is 5.32 Å². The summed E-state index contributed by atoms with van der Waals surface area (Å²) in [5.74, 6) is 1.69. The van der Waals surface area contributed by atoms with Gasteiger partial charge in [-0.05, 0) is 25.8 Å². The van der Waals surface area contributed by atoms with Crippen LogP contribution in [0.5, 0.6) is 0 Å². The zero-order chi connectivity index (χ0) is 14.6. The van der Waals surface area contributed by atoms with Crippen molar-refractivity contribution in [1.82, 2.24) is 20.1 Å². The molecule has 0 saturated carbocycles. The summed E-state index contributed by atoms with van der Waals surface area (Å²) in [5, 5.41) is 12.3. The average Bonchev–Trinajstić information content (AvgIpc) is 2.76. The van der Waals surface area contributed by atoms with Gasteiger partial charge in [-0.2, -0.15) is 13.2 Å². The molecule has 0 aromatic carbocycles. The molecule has 1 aromatic rings. The Morgan fingerprint density at radius 1 is 1.38 bits per heavy atom. The van der Waals surface area contributed by atoms with Gasteiger partial charge in [0, 0.05) is 31.7 Å². The van der Waals surface area contributed by atoms with E-state index >= 15 is 0 Å². The zero-order valence-electron chi connectivity index (χ0n) is 11.8. The first-order valence-corrected chi connectivity index (χ1v) is 7.75. The first-order chi connectivity index (χ1) is 9.47. The van der Waals surface area contributed by atoms with Crippen LogP contribution in [-0.4, -0.2) is 39.8 Å². The summed E-state index contributed by atoms with van der Waals surface area (Å²) in [6, 6.07) is 0. The third-order valence-electron chi connectivity index (χ3n) is 3.37. The lowest BCUT2D eigenvalue weighted by Gasteiger charge is -2.21. The van der Waals surface area contributed by atoms with E-state index in [9.17, 15) is 13.2 Å². The van der Waals surface area contributed by atoms with Gasteiger partial charge in [-0.1, -0.05) is 11.8 Å². The van der Waals surface area contributed by atoms with Crippen LogP contribution in [0.25, 0.3) is 0 Å². The zero-order valence-corrected chi connectivity index (χ0v) is 13.5. The lowest BCUT2D eigenvalue weighted by atomic mass is 9.99. The van der Waals surface area contributed by atoms with Crippen LogP contribution in [0.15, 0.2) is 5.16 Å². The van der Waals surface area contributed by atoms with E-state index in [0.29, 0.717) is 16.8 Å². The number of nitrogens with one attached hydrogen (secondary N) is 1. The second kappa shape index (κ2) is 8.24. The highest BCUT2D eigenvalue weighted by Crippen LogP contribution is 2.27. The average molecular weight is 345 g/mol. The van der Waals surface area contributed by atoms with E-state index in [1.165, 1.54) is 11.8 Å². The Morgan fingerprint density at radius 3 is 2.76 bits per heavy atom. The van der Waals surface area contributed by atoms with E-state index in [0.717, 1.165) is 31.8 Å². The molecular formula is C12H20ClF3N4S. The first-order valence-electron chi connectivity index (χ1n) is 6.77. The molecule has 0 spiro atoms. The van der Waals surface area contributed by atoms with Crippen molar-refractivity contribution in [2.24, 2.45) is 7.05 Å². The Kier molecular flexibility index (Phi) is 7.29. The van der Waals surface area contributed by atoms with E-state index in [1.807, 2.05) is 11.6 Å². The lowest BCUT2D eigenvalue weighted by Crippen LogP contribution is -2.29. The van der Waals surface area contributed by atoms with Crippen molar-refractivity contribution in [2.45, 2.75) is 42.9 Å². The molecule has 21 heavy (non-hydrogen) atoms. The Morgan fingerprint density at radius 2 is 2.14 bits per heavy atom. The molecule has 1 saturated heterocycles. The van der Waals surface area contributed by atoms with E-state index in [4.69, 9.17) is 0 Å². The number of hydrogen-bond donors (Lipinski definition) is 1. The number of thioether (sulfide) groups is 1. The molecule has 122 valence electrons. The molecule has 0 bridgehead atoms. The normalized spacial score (nSPS) is 19.3. The highest BCUT2D eigenvalue weighted by molar-refractivity contribution is 7.99. The number of piperidine rings is 1. The predicted octanol–water partition coefficient (Wildman–Crippen LogP) is 3.14. The lowest BCUT2D eigenvalue weighted by molar-refractivity contribution is -0.134. The van der Waals surface area contributed by atoms with Gasteiger partial charge in [0.2, 0.25) is 0 Å².